The number of hydrogen-bond acceptors (Lipinski definition) is 6. The lowest BCUT2D eigenvalue weighted by atomic mass is 9.83. The first kappa shape index (κ1) is 20.5. The van der Waals surface area contributed by atoms with E-state index in [1.165, 1.54) is 0 Å². The van der Waals surface area contributed by atoms with E-state index in [9.17, 15) is 10.1 Å². The van der Waals surface area contributed by atoms with Gasteiger partial charge in [-0.1, -0.05) is 37.6 Å². The van der Waals surface area contributed by atoms with E-state index in [2.05, 4.69) is 13.0 Å². The first-order chi connectivity index (χ1) is 13.0. The molecule has 0 amide bonds. The third-order valence-electron chi connectivity index (χ3n) is 4.32. The van der Waals surface area contributed by atoms with Gasteiger partial charge in [-0.3, -0.25) is 0 Å². The number of carbonyl (C=O) groups is 1. The van der Waals surface area contributed by atoms with Crippen LogP contribution in [-0.2, 0) is 25.6 Å². The van der Waals surface area contributed by atoms with Gasteiger partial charge in [0.25, 0.3) is 0 Å². The van der Waals surface area contributed by atoms with E-state index in [4.69, 9.17) is 19.9 Å². The summed E-state index contributed by atoms with van der Waals surface area (Å²) in [5.74, 6) is -0.757. The summed E-state index contributed by atoms with van der Waals surface area (Å²) in [4.78, 5) is 12.5. The molecule has 1 unspecified atom stereocenters. The Morgan fingerprint density at radius 2 is 2.00 bits per heavy atom. The zero-order chi connectivity index (χ0) is 19.8. The molecule has 1 aromatic rings. The SMILES string of the molecule is CCCCOCc1ccc(C2C(C#N)=C(N)OC(C)=C2C(=O)OCC)cc1. The first-order valence-corrected chi connectivity index (χ1v) is 9.15. The number of ether oxygens (including phenoxy) is 3. The average Bonchev–Trinajstić information content (AvgIpc) is 2.65. The third kappa shape index (κ3) is 4.89. The molecule has 0 radical (unpaired) electrons. The molecule has 0 saturated carbocycles. The molecular weight excluding hydrogens is 344 g/mol. The monoisotopic (exact) mass is 370 g/mol. The molecule has 0 spiro atoms. The summed E-state index contributed by atoms with van der Waals surface area (Å²) in [6.45, 7) is 6.99. The molecule has 0 fully saturated rings. The van der Waals surface area contributed by atoms with Crippen LogP contribution >= 0.6 is 0 Å². The molecule has 0 aliphatic carbocycles. The number of allylic oxidation sites excluding steroid dienone is 2. The first-order valence-electron chi connectivity index (χ1n) is 9.15. The Hall–Kier alpha value is -2.78. The molecular formula is C21H26N2O4. The van der Waals surface area contributed by atoms with Crippen molar-refractivity contribution >= 4 is 5.97 Å². The van der Waals surface area contributed by atoms with E-state index in [1.54, 1.807) is 13.8 Å². The van der Waals surface area contributed by atoms with Crippen LogP contribution in [0.1, 0.15) is 50.7 Å². The van der Waals surface area contributed by atoms with Gasteiger partial charge in [0.15, 0.2) is 0 Å². The average molecular weight is 370 g/mol. The second kappa shape index (κ2) is 9.79. The van der Waals surface area contributed by atoms with Crippen LogP contribution < -0.4 is 5.73 Å². The maximum atomic E-state index is 12.5. The minimum absolute atomic E-state index is 0.0139. The van der Waals surface area contributed by atoms with Gasteiger partial charge in [0, 0.05) is 6.61 Å². The summed E-state index contributed by atoms with van der Waals surface area (Å²) in [7, 11) is 0. The normalized spacial score (nSPS) is 16.7. The number of nitriles is 1. The Bertz CT molecular complexity index is 772. The molecule has 27 heavy (non-hydrogen) atoms. The maximum absolute atomic E-state index is 12.5. The van der Waals surface area contributed by atoms with E-state index in [-0.39, 0.29) is 18.1 Å². The van der Waals surface area contributed by atoms with E-state index < -0.39 is 11.9 Å². The lowest BCUT2D eigenvalue weighted by Crippen LogP contribution is -2.25. The van der Waals surface area contributed by atoms with Crippen LogP contribution in [0.4, 0.5) is 0 Å². The van der Waals surface area contributed by atoms with E-state index in [0.717, 1.165) is 30.6 Å². The summed E-state index contributed by atoms with van der Waals surface area (Å²) in [6, 6.07) is 9.70. The van der Waals surface area contributed by atoms with Gasteiger partial charge in [0.1, 0.15) is 17.4 Å². The molecule has 1 atom stereocenters. The lowest BCUT2D eigenvalue weighted by Gasteiger charge is -2.26. The Labute approximate surface area is 160 Å². The highest BCUT2D eigenvalue weighted by Crippen LogP contribution is 2.39. The van der Waals surface area contributed by atoms with Gasteiger partial charge < -0.3 is 19.9 Å². The van der Waals surface area contributed by atoms with Crippen molar-refractivity contribution in [2.75, 3.05) is 13.2 Å². The zero-order valence-corrected chi connectivity index (χ0v) is 16.1. The molecule has 1 aromatic carbocycles. The molecule has 0 saturated heterocycles. The molecule has 1 aliphatic rings. The number of carbonyl (C=O) groups excluding carboxylic acids is 1. The van der Waals surface area contributed by atoms with Crippen molar-refractivity contribution in [1.29, 1.82) is 5.26 Å². The predicted molar refractivity (Wildman–Crippen MR) is 101 cm³/mol. The minimum Gasteiger partial charge on any atom is -0.463 e. The van der Waals surface area contributed by atoms with Gasteiger partial charge in [-0.2, -0.15) is 5.26 Å². The molecule has 1 heterocycles. The Balaban J connectivity index is 2.31. The molecule has 0 bridgehead atoms. The van der Waals surface area contributed by atoms with Gasteiger partial charge in [0.05, 0.1) is 24.7 Å². The van der Waals surface area contributed by atoms with Gasteiger partial charge in [0.2, 0.25) is 5.88 Å². The lowest BCUT2D eigenvalue weighted by molar-refractivity contribution is -0.139. The van der Waals surface area contributed by atoms with Crippen LogP contribution in [0.15, 0.2) is 47.1 Å². The van der Waals surface area contributed by atoms with Crippen molar-refractivity contribution in [2.24, 2.45) is 5.73 Å². The second-order valence-corrected chi connectivity index (χ2v) is 6.26. The predicted octanol–water partition coefficient (Wildman–Crippen LogP) is 3.65. The highest BCUT2D eigenvalue weighted by atomic mass is 16.5. The number of esters is 1. The summed E-state index contributed by atoms with van der Waals surface area (Å²) in [6.07, 6.45) is 2.12. The molecule has 144 valence electrons. The molecule has 6 nitrogen and oxygen atoms in total. The van der Waals surface area contributed by atoms with E-state index in [0.29, 0.717) is 17.9 Å². The van der Waals surface area contributed by atoms with Crippen LogP contribution in [0, 0.1) is 11.3 Å². The van der Waals surface area contributed by atoms with Gasteiger partial charge in [-0.15, -0.1) is 0 Å². The van der Waals surface area contributed by atoms with Crippen molar-refractivity contribution in [2.45, 2.75) is 46.1 Å². The molecule has 1 aliphatic heterocycles. The van der Waals surface area contributed by atoms with Gasteiger partial charge >= 0.3 is 5.97 Å². The van der Waals surface area contributed by atoms with Gasteiger partial charge in [-0.25, -0.2) is 4.79 Å². The van der Waals surface area contributed by atoms with Crippen molar-refractivity contribution in [3.05, 3.63) is 58.2 Å². The fourth-order valence-corrected chi connectivity index (χ4v) is 2.93. The summed E-state index contributed by atoms with van der Waals surface area (Å²) in [5, 5.41) is 9.57. The fraction of sp³-hybridized carbons (Fsp3) is 0.429. The number of hydrogen-bond donors (Lipinski definition) is 1. The Kier molecular flexibility index (Phi) is 7.44. The maximum Gasteiger partial charge on any atom is 0.338 e. The van der Waals surface area contributed by atoms with Gasteiger partial charge in [-0.05, 0) is 31.4 Å². The Morgan fingerprint density at radius 1 is 1.30 bits per heavy atom. The quantitative estimate of drug-likeness (QED) is 0.554. The molecule has 2 rings (SSSR count). The van der Waals surface area contributed by atoms with Crippen molar-refractivity contribution in [3.63, 3.8) is 0 Å². The summed E-state index contributed by atoms with van der Waals surface area (Å²) in [5.41, 5.74) is 8.20. The smallest absolute Gasteiger partial charge is 0.338 e. The molecule has 6 heteroatoms. The standard InChI is InChI=1S/C21H26N2O4/c1-4-6-11-25-13-15-7-9-16(10-8-15)19-17(12-22)20(23)27-14(3)18(19)21(24)26-5-2/h7-10,19H,4-6,11,13,23H2,1-3H3. The van der Waals surface area contributed by atoms with Crippen molar-refractivity contribution < 1.29 is 19.0 Å². The highest BCUT2D eigenvalue weighted by Gasteiger charge is 2.36. The van der Waals surface area contributed by atoms with Crippen molar-refractivity contribution in [3.8, 4) is 6.07 Å². The highest BCUT2D eigenvalue weighted by molar-refractivity contribution is 5.92. The Morgan fingerprint density at radius 3 is 2.59 bits per heavy atom. The minimum atomic E-state index is -0.613. The van der Waals surface area contributed by atoms with E-state index in [1.807, 2.05) is 24.3 Å². The van der Waals surface area contributed by atoms with E-state index >= 15 is 0 Å². The topological polar surface area (TPSA) is 94.6 Å². The zero-order valence-electron chi connectivity index (χ0n) is 16.1. The second-order valence-electron chi connectivity index (χ2n) is 6.26. The molecule has 2 N–H and O–H groups in total. The largest absolute Gasteiger partial charge is 0.463 e. The number of unbranched alkanes of at least 4 members (excludes halogenated alkanes) is 1. The van der Waals surface area contributed by atoms with Crippen LogP contribution in [0.5, 0.6) is 0 Å². The number of rotatable bonds is 8. The summed E-state index contributed by atoms with van der Waals surface area (Å²) < 4.78 is 16.2. The molecule has 0 aromatic heterocycles. The van der Waals surface area contributed by atoms with Crippen LogP contribution in [-0.4, -0.2) is 19.2 Å². The number of nitrogens with zero attached hydrogens (tertiary/aromatic N) is 1. The van der Waals surface area contributed by atoms with Crippen LogP contribution in [0.3, 0.4) is 0 Å². The van der Waals surface area contributed by atoms with Crippen molar-refractivity contribution in [1.82, 2.24) is 0 Å². The number of benzene rings is 1. The summed E-state index contributed by atoms with van der Waals surface area (Å²) >= 11 is 0. The van der Waals surface area contributed by atoms with Crippen LogP contribution in [0.2, 0.25) is 0 Å². The van der Waals surface area contributed by atoms with Crippen LogP contribution in [0.25, 0.3) is 0 Å². The number of nitrogens with two attached hydrogens (primary N) is 1. The fourth-order valence-electron chi connectivity index (χ4n) is 2.93. The third-order valence-corrected chi connectivity index (χ3v) is 4.32.